The van der Waals surface area contributed by atoms with Crippen LogP contribution in [-0.2, 0) is 9.31 Å². The van der Waals surface area contributed by atoms with Gasteiger partial charge in [0.25, 0.3) is 0 Å². The van der Waals surface area contributed by atoms with Gasteiger partial charge in [-0.3, -0.25) is 0 Å². The van der Waals surface area contributed by atoms with E-state index in [1.165, 1.54) is 12.8 Å². The summed E-state index contributed by atoms with van der Waals surface area (Å²) in [5.41, 5.74) is 0.133. The van der Waals surface area contributed by atoms with Gasteiger partial charge in [-0.15, -0.1) is 12.4 Å². The van der Waals surface area contributed by atoms with Crippen LogP contribution >= 0.6 is 12.4 Å². The first kappa shape index (κ1) is 13.7. The third kappa shape index (κ3) is 1.93. The van der Waals surface area contributed by atoms with Crippen LogP contribution in [0.25, 0.3) is 0 Å². The minimum absolute atomic E-state index is 0. The molecule has 0 aromatic heterocycles. The zero-order chi connectivity index (χ0) is 11.6. The summed E-state index contributed by atoms with van der Waals surface area (Å²) < 4.78 is 12.3. The summed E-state index contributed by atoms with van der Waals surface area (Å²) in [5, 5.41) is 3.50. The van der Waals surface area contributed by atoms with Gasteiger partial charge < -0.3 is 14.6 Å². The summed E-state index contributed by atoms with van der Waals surface area (Å²) in [5.74, 6) is 0.550. The van der Waals surface area contributed by atoms with E-state index in [2.05, 4.69) is 33.0 Å². The van der Waals surface area contributed by atoms with Crippen molar-refractivity contribution in [1.82, 2.24) is 5.32 Å². The van der Waals surface area contributed by atoms with E-state index in [1.54, 1.807) is 0 Å². The molecule has 2 saturated heterocycles. The van der Waals surface area contributed by atoms with Crippen molar-refractivity contribution in [3.8, 4) is 0 Å². The predicted octanol–water partition coefficient (Wildman–Crippen LogP) is 2.25. The fourth-order valence-corrected chi connectivity index (χ4v) is 2.97. The lowest BCUT2D eigenvalue weighted by Crippen LogP contribution is -2.41. The second-order valence-corrected chi connectivity index (χ2v) is 6.72. The molecule has 1 aliphatic carbocycles. The van der Waals surface area contributed by atoms with E-state index in [0.29, 0.717) is 11.2 Å². The Balaban J connectivity index is 0.00000108. The fourth-order valence-electron chi connectivity index (χ4n) is 2.97. The van der Waals surface area contributed by atoms with Gasteiger partial charge in [-0.2, -0.15) is 0 Å². The van der Waals surface area contributed by atoms with E-state index < -0.39 is 0 Å². The highest BCUT2D eigenvalue weighted by Gasteiger charge is 2.63. The van der Waals surface area contributed by atoms with E-state index in [4.69, 9.17) is 9.31 Å². The van der Waals surface area contributed by atoms with Crippen molar-refractivity contribution in [2.24, 2.45) is 5.41 Å². The van der Waals surface area contributed by atoms with E-state index in [1.807, 2.05) is 0 Å². The van der Waals surface area contributed by atoms with Crippen molar-refractivity contribution < 1.29 is 9.31 Å². The molecule has 1 unspecified atom stereocenters. The van der Waals surface area contributed by atoms with Crippen molar-refractivity contribution in [1.29, 1.82) is 0 Å². The molecule has 0 amide bonds. The lowest BCUT2D eigenvalue weighted by Gasteiger charge is -2.32. The van der Waals surface area contributed by atoms with Crippen molar-refractivity contribution in [2.75, 3.05) is 13.1 Å². The molecular weight excluding hydrogens is 236 g/mol. The minimum atomic E-state index is -0.184. The van der Waals surface area contributed by atoms with Gasteiger partial charge in [0.1, 0.15) is 0 Å². The molecule has 3 nitrogen and oxygen atoms in total. The molecule has 2 heterocycles. The van der Waals surface area contributed by atoms with E-state index in [9.17, 15) is 0 Å². The lowest BCUT2D eigenvalue weighted by atomic mass is 9.64. The average molecular weight is 260 g/mol. The van der Waals surface area contributed by atoms with Gasteiger partial charge in [0, 0.05) is 12.4 Å². The molecule has 3 fully saturated rings. The highest BCUT2D eigenvalue weighted by atomic mass is 35.5. The topological polar surface area (TPSA) is 30.5 Å². The first-order valence-electron chi connectivity index (χ1n) is 6.43. The van der Waals surface area contributed by atoms with Crippen LogP contribution in [-0.4, -0.2) is 31.4 Å². The van der Waals surface area contributed by atoms with Crippen molar-refractivity contribution >= 4 is 19.5 Å². The van der Waals surface area contributed by atoms with Gasteiger partial charge in [-0.1, -0.05) is 0 Å². The summed E-state index contributed by atoms with van der Waals surface area (Å²) >= 11 is 0. The zero-order valence-corrected chi connectivity index (χ0v) is 12.0. The molecule has 0 radical (unpaired) electrons. The van der Waals surface area contributed by atoms with Gasteiger partial charge in [0.2, 0.25) is 0 Å². The smallest absolute Gasteiger partial charge is 0.403 e. The van der Waals surface area contributed by atoms with E-state index in [-0.39, 0.29) is 30.7 Å². The molecule has 1 spiro atoms. The summed E-state index contributed by atoms with van der Waals surface area (Å²) in [6.45, 7) is 10.7. The van der Waals surface area contributed by atoms with Gasteiger partial charge in [0.15, 0.2) is 0 Å². The molecule has 98 valence electrons. The van der Waals surface area contributed by atoms with Crippen LogP contribution in [0, 0.1) is 5.41 Å². The van der Waals surface area contributed by atoms with Crippen molar-refractivity contribution in [3.05, 3.63) is 0 Å². The standard InChI is InChI=1S/C12H22BNO2.ClH/c1-10(2)11(3,4)16-13(15-10)9-7-14-8-12(9)5-6-12;/h9,14H,5-8H2,1-4H3;1H. The quantitative estimate of drug-likeness (QED) is 0.733. The Bertz CT molecular complexity index is 302. The van der Waals surface area contributed by atoms with Crippen LogP contribution < -0.4 is 5.32 Å². The van der Waals surface area contributed by atoms with Gasteiger partial charge in [-0.25, -0.2) is 0 Å². The largest absolute Gasteiger partial charge is 0.463 e. The first-order valence-corrected chi connectivity index (χ1v) is 6.43. The molecule has 1 N–H and O–H groups in total. The third-order valence-electron chi connectivity index (χ3n) is 5.12. The number of nitrogens with one attached hydrogen (secondary N) is 1. The predicted molar refractivity (Wildman–Crippen MR) is 71.6 cm³/mol. The molecule has 3 rings (SSSR count). The number of hydrogen-bond acceptors (Lipinski definition) is 3. The third-order valence-corrected chi connectivity index (χ3v) is 5.12. The summed E-state index contributed by atoms with van der Waals surface area (Å²) in [6.07, 6.45) is 2.68. The second kappa shape index (κ2) is 3.86. The molecule has 0 aromatic carbocycles. The highest BCUT2D eigenvalue weighted by Crippen LogP contribution is 2.59. The molecule has 17 heavy (non-hydrogen) atoms. The summed E-state index contributed by atoms with van der Waals surface area (Å²) in [4.78, 5) is 0. The lowest BCUT2D eigenvalue weighted by molar-refractivity contribution is 0.00578. The molecule has 1 atom stereocenters. The van der Waals surface area contributed by atoms with Crippen LogP contribution in [0.5, 0.6) is 0 Å². The molecule has 1 saturated carbocycles. The second-order valence-electron chi connectivity index (χ2n) is 6.72. The van der Waals surface area contributed by atoms with Crippen LogP contribution in [0.15, 0.2) is 0 Å². The van der Waals surface area contributed by atoms with Crippen molar-refractivity contribution in [2.45, 2.75) is 57.6 Å². The Labute approximate surface area is 111 Å². The monoisotopic (exact) mass is 259 g/mol. The van der Waals surface area contributed by atoms with Crippen LogP contribution in [0.2, 0.25) is 5.82 Å². The van der Waals surface area contributed by atoms with E-state index in [0.717, 1.165) is 13.1 Å². The Morgan fingerprint density at radius 2 is 1.59 bits per heavy atom. The summed E-state index contributed by atoms with van der Waals surface area (Å²) in [7, 11) is -0.0116. The highest BCUT2D eigenvalue weighted by molar-refractivity contribution is 6.48. The van der Waals surface area contributed by atoms with Gasteiger partial charge in [-0.05, 0) is 52.5 Å². The molecule has 0 aromatic rings. The zero-order valence-electron chi connectivity index (χ0n) is 11.2. The normalized spacial score (nSPS) is 36.0. The molecule has 3 aliphatic rings. The number of halogens is 1. The van der Waals surface area contributed by atoms with Crippen LogP contribution in [0.4, 0.5) is 0 Å². The maximum absolute atomic E-state index is 6.16. The maximum atomic E-state index is 6.16. The Morgan fingerprint density at radius 3 is 2.06 bits per heavy atom. The van der Waals surface area contributed by atoms with Crippen molar-refractivity contribution in [3.63, 3.8) is 0 Å². The minimum Gasteiger partial charge on any atom is -0.403 e. The fraction of sp³-hybridized carbons (Fsp3) is 1.00. The molecule has 0 bridgehead atoms. The first-order chi connectivity index (χ1) is 7.36. The van der Waals surface area contributed by atoms with E-state index >= 15 is 0 Å². The summed E-state index contributed by atoms with van der Waals surface area (Å²) in [6, 6.07) is 0. The Morgan fingerprint density at radius 1 is 1.06 bits per heavy atom. The van der Waals surface area contributed by atoms with Crippen LogP contribution in [0.1, 0.15) is 40.5 Å². The Kier molecular flexibility index (Phi) is 3.10. The number of rotatable bonds is 1. The molecule has 2 aliphatic heterocycles. The molecule has 5 heteroatoms. The van der Waals surface area contributed by atoms with Gasteiger partial charge in [0.05, 0.1) is 11.2 Å². The molecular formula is C12H23BClNO2. The Hall–Kier alpha value is 0.235. The van der Waals surface area contributed by atoms with Crippen LogP contribution in [0.3, 0.4) is 0 Å². The van der Waals surface area contributed by atoms with Gasteiger partial charge >= 0.3 is 7.12 Å². The SMILES string of the molecule is CC1(C)OB(C2CNCC23CC3)OC1(C)C.Cl. The maximum Gasteiger partial charge on any atom is 0.463 e. The number of hydrogen-bond donors (Lipinski definition) is 1. The average Bonchev–Trinajstić information content (AvgIpc) is 2.69.